The molecule has 2 heterocycles. The van der Waals surface area contributed by atoms with Gasteiger partial charge in [0.25, 0.3) is 0 Å². The van der Waals surface area contributed by atoms with E-state index in [0.29, 0.717) is 11.3 Å². The highest BCUT2D eigenvalue weighted by atomic mass is 32.1. The second kappa shape index (κ2) is 12.5. The van der Waals surface area contributed by atoms with Gasteiger partial charge in [-0.15, -0.1) is 11.3 Å². The molecule has 5 nitrogen and oxygen atoms in total. The van der Waals surface area contributed by atoms with E-state index in [1.165, 1.54) is 4.70 Å². The average molecular weight is 671 g/mol. The molecule has 0 saturated carbocycles. The highest BCUT2D eigenvalue weighted by Gasteiger charge is 2.17. The first kappa shape index (κ1) is 30.1. The Bertz CT molecular complexity index is 2750. The van der Waals surface area contributed by atoms with E-state index in [9.17, 15) is 5.26 Å². The van der Waals surface area contributed by atoms with E-state index in [-0.39, 0.29) is 0 Å². The van der Waals surface area contributed by atoms with Gasteiger partial charge in [-0.2, -0.15) is 5.26 Å². The molecular weight excluding hydrogens is 645 g/mol. The molecule has 0 radical (unpaired) electrons. The van der Waals surface area contributed by atoms with Crippen LogP contribution in [0.25, 0.3) is 69.8 Å². The van der Waals surface area contributed by atoms with Gasteiger partial charge in [0, 0.05) is 44.5 Å². The summed E-state index contributed by atoms with van der Waals surface area (Å²) in [4.78, 5) is 10.7. The molecule has 0 aliphatic rings. The normalized spacial score (nSPS) is 11.1. The lowest BCUT2D eigenvalue weighted by atomic mass is 10.0. The van der Waals surface area contributed by atoms with Crippen molar-refractivity contribution in [3.63, 3.8) is 0 Å². The number of rotatable bonds is 6. The number of nitrogens with zero attached hydrogens (tertiary/aromatic N) is 4. The third-order valence-corrected chi connectivity index (χ3v) is 10.2. The van der Waals surface area contributed by atoms with Crippen molar-refractivity contribution in [3.05, 3.63) is 175 Å². The van der Waals surface area contributed by atoms with Crippen molar-refractivity contribution >= 4 is 66.2 Å². The van der Waals surface area contributed by atoms with E-state index >= 15 is 0 Å². The Hall–Kier alpha value is -6.99. The standard InChI is InChI=1S/C45H26N4OS/c1-47-34-26-29(28-46)25-33(27-34)30-13-19-35(20-14-30)49(37-23-17-32(18-24-37)45-48-41-10-3-5-12-43(41)51-45)36-21-15-31(16-22-36)38-8-6-9-40-39-7-2-4-11-42(39)50-44(38)40/h2-27H. The summed E-state index contributed by atoms with van der Waals surface area (Å²) in [6, 6.07) is 55.5. The first-order valence-electron chi connectivity index (χ1n) is 16.5. The van der Waals surface area contributed by atoms with Gasteiger partial charge >= 0.3 is 0 Å². The molecule has 0 aliphatic heterocycles. The second-order valence-corrected chi connectivity index (χ2v) is 13.3. The Balaban J connectivity index is 1.11. The first-order valence-corrected chi connectivity index (χ1v) is 17.3. The molecule has 0 unspecified atom stereocenters. The fraction of sp³-hybridized carbons (Fsp3) is 0. The summed E-state index contributed by atoms with van der Waals surface area (Å²) in [6.07, 6.45) is 0. The number of para-hydroxylation sites is 3. The van der Waals surface area contributed by atoms with Gasteiger partial charge < -0.3 is 9.32 Å². The molecule has 9 aromatic rings. The third kappa shape index (κ3) is 5.47. The summed E-state index contributed by atoms with van der Waals surface area (Å²) < 4.78 is 7.52. The van der Waals surface area contributed by atoms with Gasteiger partial charge in [-0.25, -0.2) is 9.83 Å². The van der Waals surface area contributed by atoms with Crippen LogP contribution in [0.4, 0.5) is 22.7 Å². The van der Waals surface area contributed by atoms with Crippen LogP contribution in [0.1, 0.15) is 5.56 Å². The molecule has 0 atom stereocenters. The molecule has 51 heavy (non-hydrogen) atoms. The fourth-order valence-corrected chi connectivity index (χ4v) is 7.64. The van der Waals surface area contributed by atoms with Crippen LogP contribution in [0.2, 0.25) is 0 Å². The van der Waals surface area contributed by atoms with Gasteiger partial charge in [-0.3, -0.25) is 0 Å². The Morgan fingerprint density at radius 3 is 1.98 bits per heavy atom. The summed E-state index contributed by atoms with van der Waals surface area (Å²) in [6.45, 7) is 7.49. The zero-order valence-corrected chi connectivity index (χ0v) is 27.9. The van der Waals surface area contributed by atoms with Gasteiger partial charge in [-0.1, -0.05) is 72.8 Å². The molecule has 238 valence electrons. The van der Waals surface area contributed by atoms with Crippen molar-refractivity contribution in [3.8, 4) is 38.9 Å². The molecule has 0 N–H and O–H groups in total. The molecule has 0 spiro atoms. The lowest BCUT2D eigenvalue weighted by Crippen LogP contribution is -2.09. The minimum absolute atomic E-state index is 0.446. The van der Waals surface area contributed by atoms with Gasteiger partial charge in [0.2, 0.25) is 0 Å². The van der Waals surface area contributed by atoms with Crippen LogP contribution in [0.3, 0.4) is 0 Å². The number of hydrogen-bond donors (Lipinski definition) is 0. The molecule has 6 heteroatoms. The Morgan fingerprint density at radius 1 is 0.627 bits per heavy atom. The van der Waals surface area contributed by atoms with Gasteiger partial charge in [0.15, 0.2) is 5.69 Å². The minimum atomic E-state index is 0.446. The molecule has 0 bridgehead atoms. The number of anilines is 3. The maximum atomic E-state index is 9.54. The first-order chi connectivity index (χ1) is 25.1. The van der Waals surface area contributed by atoms with Crippen LogP contribution in [-0.2, 0) is 0 Å². The van der Waals surface area contributed by atoms with E-state index in [1.807, 2.05) is 60.7 Å². The quantitative estimate of drug-likeness (QED) is 0.165. The maximum Gasteiger partial charge on any atom is 0.189 e. The topological polar surface area (TPSA) is 57.4 Å². The SMILES string of the molecule is [C-]#[N+]c1cc(C#N)cc(-c2ccc(N(c3ccc(-c4nc5ccccc5s4)cc3)c3ccc(-c4cccc5c4oc4ccccc45)cc3)cc2)c1. The number of thiazole rings is 1. The van der Waals surface area contributed by atoms with Crippen LogP contribution in [0.5, 0.6) is 0 Å². The molecule has 9 rings (SSSR count). The molecule has 0 aliphatic carbocycles. The minimum Gasteiger partial charge on any atom is -0.455 e. The van der Waals surface area contributed by atoms with E-state index < -0.39 is 0 Å². The largest absolute Gasteiger partial charge is 0.455 e. The highest BCUT2D eigenvalue weighted by molar-refractivity contribution is 7.21. The molecule has 0 amide bonds. The van der Waals surface area contributed by atoms with Crippen molar-refractivity contribution in [1.82, 2.24) is 4.98 Å². The van der Waals surface area contributed by atoms with Crippen LogP contribution < -0.4 is 4.90 Å². The average Bonchev–Trinajstić information content (AvgIpc) is 3.81. The zero-order chi connectivity index (χ0) is 34.3. The van der Waals surface area contributed by atoms with Crippen molar-refractivity contribution in [2.75, 3.05) is 4.90 Å². The molecule has 0 saturated heterocycles. The second-order valence-electron chi connectivity index (χ2n) is 12.2. The summed E-state index contributed by atoms with van der Waals surface area (Å²) in [5.41, 5.74) is 11.6. The number of furan rings is 1. The fourth-order valence-electron chi connectivity index (χ4n) is 6.67. The Morgan fingerprint density at radius 2 is 1.27 bits per heavy atom. The highest BCUT2D eigenvalue weighted by Crippen LogP contribution is 2.40. The number of fused-ring (bicyclic) bond motifs is 4. The molecule has 2 aromatic heterocycles. The van der Waals surface area contributed by atoms with Crippen molar-refractivity contribution in [2.45, 2.75) is 0 Å². The maximum absolute atomic E-state index is 9.54. The Labute approximate surface area is 298 Å². The number of benzene rings is 7. The van der Waals surface area contributed by atoms with Crippen LogP contribution in [0.15, 0.2) is 162 Å². The number of hydrogen-bond acceptors (Lipinski definition) is 5. The van der Waals surface area contributed by atoms with E-state index in [1.54, 1.807) is 17.4 Å². The monoisotopic (exact) mass is 670 g/mol. The summed E-state index contributed by atoms with van der Waals surface area (Å²) in [5, 5.41) is 12.7. The Kier molecular flexibility index (Phi) is 7.36. The lowest BCUT2D eigenvalue weighted by Gasteiger charge is -2.26. The zero-order valence-electron chi connectivity index (χ0n) is 27.1. The number of aromatic nitrogens is 1. The van der Waals surface area contributed by atoms with E-state index in [0.717, 1.165) is 77.3 Å². The number of nitriles is 1. The van der Waals surface area contributed by atoms with Crippen LogP contribution >= 0.6 is 11.3 Å². The van der Waals surface area contributed by atoms with E-state index in [4.69, 9.17) is 16.0 Å². The van der Waals surface area contributed by atoms with Crippen molar-refractivity contribution < 1.29 is 4.42 Å². The van der Waals surface area contributed by atoms with Crippen molar-refractivity contribution in [2.24, 2.45) is 0 Å². The summed E-state index contributed by atoms with van der Waals surface area (Å²) >= 11 is 1.69. The summed E-state index contributed by atoms with van der Waals surface area (Å²) in [7, 11) is 0. The van der Waals surface area contributed by atoms with Gasteiger partial charge in [-0.05, 0) is 102 Å². The summed E-state index contributed by atoms with van der Waals surface area (Å²) in [5.74, 6) is 0. The predicted molar refractivity (Wildman–Crippen MR) is 209 cm³/mol. The van der Waals surface area contributed by atoms with Gasteiger partial charge in [0.1, 0.15) is 16.2 Å². The predicted octanol–water partition coefficient (Wildman–Crippen LogP) is 13.1. The lowest BCUT2D eigenvalue weighted by molar-refractivity contribution is 0.670. The van der Waals surface area contributed by atoms with E-state index in [2.05, 4.69) is 107 Å². The van der Waals surface area contributed by atoms with Crippen molar-refractivity contribution in [1.29, 1.82) is 5.26 Å². The molecule has 7 aromatic carbocycles. The van der Waals surface area contributed by atoms with Gasteiger partial charge in [0.05, 0.1) is 22.9 Å². The smallest absolute Gasteiger partial charge is 0.189 e. The van der Waals surface area contributed by atoms with Crippen LogP contribution in [0, 0.1) is 17.9 Å². The van der Waals surface area contributed by atoms with Crippen LogP contribution in [-0.4, -0.2) is 4.98 Å². The molecular formula is C45H26N4OS. The molecule has 0 fully saturated rings. The third-order valence-electron chi connectivity index (χ3n) is 9.14.